The van der Waals surface area contributed by atoms with Crippen LogP contribution in [0, 0.1) is 0 Å². The molecule has 3 amide bonds. The zero-order chi connectivity index (χ0) is 17.8. The summed E-state index contributed by atoms with van der Waals surface area (Å²) in [5.41, 5.74) is 1.21. The number of hydrogen-bond acceptors (Lipinski definition) is 7. The van der Waals surface area contributed by atoms with Gasteiger partial charge in [-0.25, -0.2) is 4.79 Å². The van der Waals surface area contributed by atoms with Crippen LogP contribution in [-0.4, -0.2) is 30.2 Å². The number of anilines is 1. The quantitative estimate of drug-likeness (QED) is 0.811. The van der Waals surface area contributed by atoms with Crippen LogP contribution in [0.3, 0.4) is 0 Å². The van der Waals surface area contributed by atoms with Crippen molar-refractivity contribution in [2.45, 2.75) is 32.1 Å². The fourth-order valence-corrected chi connectivity index (χ4v) is 4.06. The van der Waals surface area contributed by atoms with Crippen molar-refractivity contribution in [2.75, 3.05) is 12.4 Å². The number of nitrogens with one attached hydrogen (secondary N) is 2. The van der Waals surface area contributed by atoms with Gasteiger partial charge in [-0.2, -0.15) is 0 Å². The van der Waals surface area contributed by atoms with E-state index in [-0.39, 0.29) is 5.76 Å². The number of fused-ring (bicyclic) bond motifs is 1. The Bertz CT molecular complexity index is 797. The van der Waals surface area contributed by atoms with Crippen molar-refractivity contribution in [2.24, 2.45) is 0 Å². The van der Waals surface area contributed by atoms with Gasteiger partial charge in [0.1, 0.15) is 5.00 Å². The third-order valence-corrected chi connectivity index (χ3v) is 5.15. The number of hydrogen-bond donors (Lipinski definition) is 2. The number of methoxy groups -OCH3 is 1. The van der Waals surface area contributed by atoms with Crippen LogP contribution in [0.4, 0.5) is 9.80 Å². The fraction of sp³-hybridized carbons (Fsp3) is 0.375. The van der Waals surface area contributed by atoms with Crippen LogP contribution in [0.1, 0.15) is 50.6 Å². The van der Waals surface area contributed by atoms with E-state index in [9.17, 15) is 14.4 Å². The molecule has 0 spiro atoms. The lowest BCUT2D eigenvalue weighted by atomic mass is 10.0. The summed E-state index contributed by atoms with van der Waals surface area (Å²) in [4.78, 5) is 37.3. The van der Waals surface area contributed by atoms with Crippen molar-refractivity contribution in [1.82, 2.24) is 10.5 Å². The Kier molecular flexibility index (Phi) is 5.13. The maximum absolute atomic E-state index is 12.6. The Morgan fingerprint density at radius 1 is 1.20 bits per heavy atom. The minimum Gasteiger partial charge on any atom is -0.453 e. The number of thiophene rings is 1. The van der Waals surface area contributed by atoms with E-state index in [2.05, 4.69) is 20.5 Å². The number of aromatic nitrogens is 1. The first kappa shape index (κ1) is 17.2. The minimum atomic E-state index is -0.842. The van der Waals surface area contributed by atoms with E-state index in [1.165, 1.54) is 30.7 Å². The molecule has 0 unspecified atom stereocenters. The molecule has 2 aromatic rings. The standard InChI is InChI=1S/C16H17N3O5S/c1-23-16(22)19-14(21)12-9-5-3-2-4-6-11(9)25-15(12)18-13(20)10-7-8-17-24-10/h7-8H,2-6H2,1H3,(H,18,20)(H,19,21,22). The molecule has 2 aromatic heterocycles. The molecule has 0 aromatic carbocycles. The molecule has 3 rings (SSSR count). The van der Waals surface area contributed by atoms with E-state index in [0.717, 1.165) is 42.5 Å². The smallest absolute Gasteiger partial charge is 0.413 e. The van der Waals surface area contributed by atoms with Gasteiger partial charge < -0.3 is 14.6 Å². The lowest BCUT2D eigenvalue weighted by Crippen LogP contribution is -2.31. The van der Waals surface area contributed by atoms with Crippen LogP contribution >= 0.6 is 11.3 Å². The maximum atomic E-state index is 12.6. The molecule has 8 nitrogen and oxygen atoms in total. The number of carbonyl (C=O) groups is 3. The molecule has 25 heavy (non-hydrogen) atoms. The van der Waals surface area contributed by atoms with Crippen LogP contribution in [-0.2, 0) is 17.6 Å². The van der Waals surface area contributed by atoms with Gasteiger partial charge in [0.05, 0.1) is 18.9 Å². The zero-order valence-corrected chi connectivity index (χ0v) is 14.4. The molecule has 9 heteroatoms. The van der Waals surface area contributed by atoms with Gasteiger partial charge >= 0.3 is 6.09 Å². The highest BCUT2D eigenvalue weighted by Gasteiger charge is 2.27. The van der Waals surface area contributed by atoms with Crippen molar-refractivity contribution in [3.05, 3.63) is 34.0 Å². The normalized spacial score (nSPS) is 13.5. The monoisotopic (exact) mass is 363 g/mol. The Morgan fingerprint density at radius 3 is 2.72 bits per heavy atom. The number of nitrogens with zero attached hydrogens (tertiary/aromatic N) is 1. The molecule has 0 radical (unpaired) electrons. The highest BCUT2D eigenvalue weighted by atomic mass is 32.1. The van der Waals surface area contributed by atoms with Gasteiger partial charge in [0, 0.05) is 10.9 Å². The highest BCUT2D eigenvalue weighted by molar-refractivity contribution is 7.17. The summed E-state index contributed by atoms with van der Waals surface area (Å²) in [6.07, 6.45) is 5.16. The van der Waals surface area contributed by atoms with E-state index in [0.29, 0.717) is 10.6 Å². The summed E-state index contributed by atoms with van der Waals surface area (Å²) < 4.78 is 9.33. The van der Waals surface area contributed by atoms with E-state index >= 15 is 0 Å². The van der Waals surface area contributed by atoms with Crippen LogP contribution in [0.5, 0.6) is 0 Å². The van der Waals surface area contributed by atoms with Crippen LogP contribution < -0.4 is 10.6 Å². The van der Waals surface area contributed by atoms with E-state index < -0.39 is 17.9 Å². The van der Waals surface area contributed by atoms with Crippen molar-refractivity contribution in [3.63, 3.8) is 0 Å². The van der Waals surface area contributed by atoms with Crippen molar-refractivity contribution < 1.29 is 23.6 Å². The Labute approximate surface area is 147 Å². The minimum absolute atomic E-state index is 0.0444. The summed E-state index contributed by atoms with van der Waals surface area (Å²) in [5.74, 6) is -1.04. The van der Waals surface area contributed by atoms with Gasteiger partial charge in [0.25, 0.3) is 11.8 Å². The van der Waals surface area contributed by atoms with Gasteiger partial charge in [0.2, 0.25) is 5.76 Å². The number of rotatable bonds is 3. The predicted octanol–water partition coefficient (Wildman–Crippen LogP) is 2.75. The number of alkyl carbamates (subject to hydrolysis) is 1. The van der Waals surface area contributed by atoms with Crippen molar-refractivity contribution >= 4 is 34.2 Å². The highest BCUT2D eigenvalue weighted by Crippen LogP contribution is 2.37. The van der Waals surface area contributed by atoms with Crippen molar-refractivity contribution in [1.29, 1.82) is 0 Å². The van der Waals surface area contributed by atoms with Crippen molar-refractivity contribution in [3.8, 4) is 0 Å². The lowest BCUT2D eigenvalue weighted by Gasteiger charge is -2.08. The summed E-state index contributed by atoms with van der Waals surface area (Å²) in [6.45, 7) is 0. The topological polar surface area (TPSA) is 111 Å². The third kappa shape index (κ3) is 3.71. The molecule has 1 aliphatic rings. The van der Waals surface area contributed by atoms with E-state index in [1.54, 1.807) is 0 Å². The number of ether oxygens (including phenoxy) is 1. The molecule has 0 atom stereocenters. The summed E-state index contributed by atoms with van der Waals surface area (Å²) in [7, 11) is 1.18. The molecule has 0 bridgehead atoms. The van der Waals surface area contributed by atoms with Gasteiger partial charge in [-0.3, -0.25) is 14.9 Å². The largest absolute Gasteiger partial charge is 0.453 e. The lowest BCUT2D eigenvalue weighted by molar-refractivity contribution is 0.0937. The van der Waals surface area contributed by atoms with E-state index in [4.69, 9.17) is 4.52 Å². The molecular weight excluding hydrogens is 346 g/mol. The number of amides is 3. The Morgan fingerprint density at radius 2 is 2.00 bits per heavy atom. The molecule has 0 saturated carbocycles. The molecule has 2 heterocycles. The molecule has 0 fully saturated rings. The molecule has 0 saturated heterocycles. The summed E-state index contributed by atoms with van der Waals surface area (Å²) >= 11 is 1.36. The van der Waals surface area contributed by atoms with Gasteiger partial charge in [-0.15, -0.1) is 11.3 Å². The van der Waals surface area contributed by atoms with E-state index in [1.807, 2.05) is 0 Å². The fourth-order valence-electron chi connectivity index (χ4n) is 2.77. The zero-order valence-electron chi connectivity index (χ0n) is 13.6. The number of carbonyl (C=O) groups excluding carboxylic acids is 3. The second-order valence-electron chi connectivity index (χ2n) is 5.55. The number of aryl methyl sites for hydroxylation is 1. The molecule has 0 aliphatic heterocycles. The summed E-state index contributed by atoms with van der Waals surface area (Å²) in [6, 6.07) is 1.43. The van der Waals surface area contributed by atoms with Gasteiger partial charge in [0.15, 0.2) is 0 Å². The van der Waals surface area contributed by atoms with Crippen LogP contribution in [0.15, 0.2) is 16.8 Å². The first-order valence-corrected chi connectivity index (χ1v) is 8.67. The van der Waals surface area contributed by atoms with Crippen LogP contribution in [0.25, 0.3) is 0 Å². The molecular formula is C16H17N3O5S. The maximum Gasteiger partial charge on any atom is 0.413 e. The Balaban J connectivity index is 1.94. The van der Waals surface area contributed by atoms with Gasteiger partial charge in [-0.05, 0) is 31.2 Å². The van der Waals surface area contributed by atoms with Crippen LogP contribution in [0.2, 0.25) is 0 Å². The Hall–Kier alpha value is -2.68. The second kappa shape index (κ2) is 7.47. The molecule has 2 N–H and O–H groups in total. The average molecular weight is 363 g/mol. The summed E-state index contributed by atoms with van der Waals surface area (Å²) in [5, 5.41) is 8.76. The third-order valence-electron chi connectivity index (χ3n) is 3.94. The SMILES string of the molecule is COC(=O)NC(=O)c1c(NC(=O)c2ccno2)sc2c1CCCCC2. The average Bonchev–Trinajstić information content (AvgIpc) is 3.18. The first-order chi connectivity index (χ1) is 12.1. The first-order valence-electron chi connectivity index (χ1n) is 7.86. The molecule has 132 valence electrons. The van der Waals surface area contributed by atoms with Gasteiger partial charge in [-0.1, -0.05) is 11.6 Å². The molecule has 1 aliphatic carbocycles. The second-order valence-corrected chi connectivity index (χ2v) is 6.65. The number of imide groups is 1. The predicted molar refractivity (Wildman–Crippen MR) is 89.9 cm³/mol.